The first-order valence-electron chi connectivity index (χ1n) is 5.97. The minimum Gasteiger partial charge on any atom is -0.389 e. The van der Waals surface area contributed by atoms with E-state index in [-0.39, 0.29) is 0 Å². The van der Waals surface area contributed by atoms with Crippen LogP contribution in [-0.2, 0) is 11.3 Å². The topological polar surface area (TPSA) is 48.1 Å². The van der Waals surface area contributed by atoms with Crippen molar-refractivity contribution in [3.8, 4) is 11.3 Å². The molecule has 3 nitrogen and oxygen atoms in total. The Hall–Kier alpha value is -1.39. The van der Waals surface area contributed by atoms with Crippen molar-refractivity contribution in [2.75, 3.05) is 12.8 Å². The van der Waals surface area contributed by atoms with Crippen LogP contribution in [0.4, 0.5) is 5.00 Å². The molecule has 96 valence electrons. The molecule has 4 heteroatoms. The van der Waals surface area contributed by atoms with Crippen LogP contribution in [0.1, 0.15) is 30.3 Å². The summed E-state index contributed by atoms with van der Waals surface area (Å²) in [7, 11) is 1.70. The number of rotatable bonds is 4. The lowest BCUT2D eigenvalue weighted by atomic mass is 10.1. The van der Waals surface area contributed by atoms with E-state index < -0.39 is 0 Å². The second-order valence-electron chi connectivity index (χ2n) is 4.51. The van der Waals surface area contributed by atoms with E-state index in [0.29, 0.717) is 12.5 Å². The van der Waals surface area contributed by atoms with Crippen LogP contribution in [0.2, 0.25) is 0 Å². The molecule has 1 aromatic heterocycles. The summed E-state index contributed by atoms with van der Waals surface area (Å²) in [5, 5.41) is 1.86. The molecule has 1 heterocycles. The van der Waals surface area contributed by atoms with E-state index in [2.05, 4.69) is 18.8 Å². The van der Waals surface area contributed by atoms with Gasteiger partial charge in [0.25, 0.3) is 0 Å². The SMILES string of the molecule is COCc1ccccc1-c1nc(C(C)C)sc1N. The first-order valence-corrected chi connectivity index (χ1v) is 6.78. The van der Waals surface area contributed by atoms with Gasteiger partial charge in [0.15, 0.2) is 0 Å². The third-order valence-electron chi connectivity index (χ3n) is 2.74. The van der Waals surface area contributed by atoms with Crippen LogP contribution in [-0.4, -0.2) is 12.1 Å². The van der Waals surface area contributed by atoms with Gasteiger partial charge in [0, 0.05) is 18.6 Å². The number of nitrogen functional groups attached to an aromatic ring is 1. The second-order valence-corrected chi connectivity index (χ2v) is 5.57. The molecule has 0 bridgehead atoms. The zero-order valence-corrected chi connectivity index (χ0v) is 11.8. The van der Waals surface area contributed by atoms with Crippen molar-refractivity contribution < 1.29 is 4.74 Å². The number of methoxy groups -OCH3 is 1. The molecular formula is C14H18N2OS. The molecule has 2 N–H and O–H groups in total. The third kappa shape index (κ3) is 2.54. The minimum absolute atomic E-state index is 0.403. The first kappa shape index (κ1) is 13.1. The number of thiazole rings is 1. The monoisotopic (exact) mass is 262 g/mol. The Bertz CT molecular complexity index is 534. The highest BCUT2D eigenvalue weighted by Crippen LogP contribution is 2.35. The van der Waals surface area contributed by atoms with E-state index in [1.165, 1.54) is 0 Å². The fraction of sp³-hybridized carbons (Fsp3) is 0.357. The van der Waals surface area contributed by atoms with Crippen LogP contribution in [0.3, 0.4) is 0 Å². The molecule has 0 aliphatic rings. The molecule has 0 spiro atoms. The van der Waals surface area contributed by atoms with Gasteiger partial charge < -0.3 is 10.5 Å². The van der Waals surface area contributed by atoms with Gasteiger partial charge in [0.05, 0.1) is 11.6 Å². The van der Waals surface area contributed by atoms with Crippen LogP contribution < -0.4 is 5.73 Å². The van der Waals surface area contributed by atoms with Gasteiger partial charge in [-0.2, -0.15) is 0 Å². The lowest BCUT2D eigenvalue weighted by Crippen LogP contribution is -1.94. The number of hydrogen-bond acceptors (Lipinski definition) is 4. The molecule has 0 saturated heterocycles. The van der Waals surface area contributed by atoms with Gasteiger partial charge in [-0.05, 0) is 5.56 Å². The fourth-order valence-corrected chi connectivity index (χ4v) is 2.67. The van der Waals surface area contributed by atoms with Crippen molar-refractivity contribution in [1.82, 2.24) is 4.98 Å². The summed E-state index contributed by atoms with van der Waals surface area (Å²) in [6, 6.07) is 8.10. The van der Waals surface area contributed by atoms with Gasteiger partial charge in [-0.15, -0.1) is 11.3 Å². The Morgan fingerprint density at radius 1 is 1.33 bits per heavy atom. The molecule has 2 rings (SSSR count). The Kier molecular flexibility index (Phi) is 3.99. The van der Waals surface area contributed by atoms with Crippen LogP contribution in [0.5, 0.6) is 0 Å². The standard InChI is InChI=1S/C14H18N2OS/c1-9(2)14-16-12(13(15)18-14)11-7-5-4-6-10(11)8-17-3/h4-7,9H,8,15H2,1-3H3. The first-order chi connectivity index (χ1) is 8.63. The predicted octanol–water partition coefficient (Wildman–Crippen LogP) is 3.66. The highest BCUT2D eigenvalue weighted by atomic mass is 32.1. The van der Waals surface area contributed by atoms with E-state index in [9.17, 15) is 0 Å². The summed E-state index contributed by atoms with van der Waals surface area (Å²) in [6.07, 6.45) is 0. The van der Waals surface area contributed by atoms with Crippen molar-refractivity contribution in [2.45, 2.75) is 26.4 Å². The second kappa shape index (κ2) is 5.50. The highest BCUT2D eigenvalue weighted by Gasteiger charge is 2.15. The molecule has 0 saturated carbocycles. The number of anilines is 1. The highest BCUT2D eigenvalue weighted by molar-refractivity contribution is 7.16. The quantitative estimate of drug-likeness (QED) is 0.914. The Morgan fingerprint density at radius 2 is 2.06 bits per heavy atom. The molecule has 0 aliphatic carbocycles. The summed E-state index contributed by atoms with van der Waals surface area (Å²) in [5.74, 6) is 0.403. The molecule has 2 aromatic rings. The van der Waals surface area contributed by atoms with E-state index in [1.807, 2.05) is 24.3 Å². The van der Waals surface area contributed by atoms with E-state index in [0.717, 1.165) is 26.8 Å². The zero-order chi connectivity index (χ0) is 13.1. The average molecular weight is 262 g/mol. The van der Waals surface area contributed by atoms with Crippen molar-refractivity contribution in [3.05, 3.63) is 34.8 Å². The normalized spacial score (nSPS) is 11.1. The average Bonchev–Trinajstić information content (AvgIpc) is 2.73. The molecule has 0 unspecified atom stereocenters. The van der Waals surface area contributed by atoms with Crippen LogP contribution in [0.25, 0.3) is 11.3 Å². The Labute approximate surface area is 112 Å². The van der Waals surface area contributed by atoms with Crippen molar-refractivity contribution in [3.63, 3.8) is 0 Å². The van der Waals surface area contributed by atoms with Crippen molar-refractivity contribution >= 4 is 16.3 Å². The molecular weight excluding hydrogens is 244 g/mol. The number of hydrogen-bond donors (Lipinski definition) is 1. The van der Waals surface area contributed by atoms with E-state index in [4.69, 9.17) is 10.5 Å². The molecule has 1 aromatic carbocycles. The zero-order valence-electron chi connectivity index (χ0n) is 10.9. The number of ether oxygens (including phenoxy) is 1. The van der Waals surface area contributed by atoms with Crippen molar-refractivity contribution in [1.29, 1.82) is 0 Å². The Morgan fingerprint density at radius 3 is 2.67 bits per heavy atom. The molecule has 0 aliphatic heterocycles. The van der Waals surface area contributed by atoms with Gasteiger partial charge in [0.2, 0.25) is 0 Å². The van der Waals surface area contributed by atoms with Gasteiger partial charge in [-0.25, -0.2) is 4.98 Å². The number of nitrogens with two attached hydrogens (primary N) is 1. The molecule has 18 heavy (non-hydrogen) atoms. The number of aromatic nitrogens is 1. The number of nitrogens with zero attached hydrogens (tertiary/aromatic N) is 1. The summed E-state index contributed by atoms with van der Waals surface area (Å²) >= 11 is 1.57. The van der Waals surface area contributed by atoms with Crippen LogP contribution in [0, 0.1) is 0 Å². The van der Waals surface area contributed by atoms with Crippen molar-refractivity contribution in [2.24, 2.45) is 0 Å². The summed E-state index contributed by atoms with van der Waals surface area (Å²) in [4.78, 5) is 4.66. The van der Waals surface area contributed by atoms with E-state index >= 15 is 0 Å². The molecule has 0 fully saturated rings. The summed E-state index contributed by atoms with van der Waals surface area (Å²) < 4.78 is 5.22. The summed E-state index contributed by atoms with van der Waals surface area (Å²) in [6.45, 7) is 4.83. The van der Waals surface area contributed by atoms with Crippen LogP contribution in [0.15, 0.2) is 24.3 Å². The van der Waals surface area contributed by atoms with Gasteiger partial charge in [-0.1, -0.05) is 38.1 Å². The fourth-order valence-electron chi connectivity index (χ4n) is 1.82. The maximum atomic E-state index is 6.09. The van der Waals surface area contributed by atoms with E-state index in [1.54, 1.807) is 18.4 Å². The van der Waals surface area contributed by atoms with Gasteiger partial charge in [-0.3, -0.25) is 0 Å². The smallest absolute Gasteiger partial charge is 0.114 e. The molecule has 0 radical (unpaired) electrons. The van der Waals surface area contributed by atoms with Crippen LogP contribution >= 0.6 is 11.3 Å². The molecule has 0 amide bonds. The lowest BCUT2D eigenvalue weighted by molar-refractivity contribution is 0.185. The Balaban J connectivity index is 2.48. The number of benzene rings is 1. The van der Waals surface area contributed by atoms with Gasteiger partial charge >= 0.3 is 0 Å². The maximum Gasteiger partial charge on any atom is 0.114 e. The largest absolute Gasteiger partial charge is 0.389 e. The minimum atomic E-state index is 0.403. The maximum absolute atomic E-state index is 6.09. The molecule has 0 atom stereocenters. The lowest BCUT2D eigenvalue weighted by Gasteiger charge is -2.07. The summed E-state index contributed by atoms with van der Waals surface area (Å²) in [5.41, 5.74) is 9.16. The van der Waals surface area contributed by atoms with Gasteiger partial charge in [0.1, 0.15) is 10.7 Å². The predicted molar refractivity (Wildman–Crippen MR) is 76.8 cm³/mol. The third-order valence-corrected chi connectivity index (χ3v) is 3.92.